The van der Waals surface area contributed by atoms with Crippen LogP contribution in [0.1, 0.15) is 32.8 Å². The van der Waals surface area contributed by atoms with Crippen LogP contribution in [0.3, 0.4) is 0 Å². The minimum atomic E-state index is -0.104. The molecule has 17 heavy (non-hydrogen) atoms. The number of carbonyl (C=O) groups excluding carboxylic acids is 1. The standard InChI is InChI=1S/C16H18O/c1-12(17)11-16(2,3)15-10-6-8-13-7-4-5-9-14(13)15/h4-10H,11H2,1-3H3. The van der Waals surface area contributed by atoms with E-state index in [9.17, 15) is 4.79 Å². The number of ketones is 1. The number of Topliss-reactive ketones (excluding diaryl/α,β-unsaturated/α-hetero) is 1. The van der Waals surface area contributed by atoms with Crippen molar-refractivity contribution in [2.45, 2.75) is 32.6 Å². The van der Waals surface area contributed by atoms with E-state index in [2.05, 4.69) is 50.2 Å². The third-order valence-electron chi connectivity index (χ3n) is 3.21. The molecule has 0 aliphatic heterocycles. The van der Waals surface area contributed by atoms with Crippen molar-refractivity contribution in [3.05, 3.63) is 48.0 Å². The summed E-state index contributed by atoms with van der Waals surface area (Å²) < 4.78 is 0. The molecule has 88 valence electrons. The van der Waals surface area contributed by atoms with Crippen LogP contribution in [0, 0.1) is 0 Å². The minimum Gasteiger partial charge on any atom is -0.300 e. The van der Waals surface area contributed by atoms with Crippen molar-refractivity contribution in [1.29, 1.82) is 0 Å². The lowest BCUT2D eigenvalue weighted by Crippen LogP contribution is -2.20. The Hall–Kier alpha value is -1.63. The predicted octanol–water partition coefficient (Wildman–Crippen LogP) is 4.10. The van der Waals surface area contributed by atoms with Crippen molar-refractivity contribution < 1.29 is 4.79 Å². The van der Waals surface area contributed by atoms with Crippen LogP contribution in [0.5, 0.6) is 0 Å². The first kappa shape index (κ1) is 11.8. The Kier molecular flexibility index (Phi) is 3.01. The van der Waals surface area contributed by atoms with Crippen molar-refractivity contribution in [3.63, 3.8) is 0 Å². The lowest BCUT2D eigenvalue weighted by atomic mass is 9.78. The first-order valence-electron chi connectivity index (χ1n) is 5.98. The minimum absolute atomic E-state index is 0.104. The van der Waals surface area contributed by atoms with E-state index in [4.69, 9.17) is 0 Å². The fraction of sp³-hybridized carbons (Fsp3) is 0.312. The number of fused-ring (bicyclic) bond motifs is 1. The molecular weight excluding hydrogens is 208 g/mol. The number of hydrogen-bond donors (Lipinski definition) is 0. The van der Waals surface area contributed by atoms with Crippen LogP contribution < -0.4 is 0 Å². The van der Waals surface area contributed by atoms with Gasteiger partial charge in [0, 0.05) is 6.42 Å². The largest absolute Gasteiger partial charge is 0.300 e. The van der Waals surface area contributed by atoms with Gasteiger partial charge in [-0.15, -0.1) is 0 Å². The SMILES string of the molecule is CC(=O)CC(C)(C)c1cccc2ccccc12. The van der Waals surface area contributed by atoms with E-state index < -0.39 is 0 Å². The molecule has 0 bridgehead atoms. The van der Waals surface area contributed by atoms with Gasteiger partial charge in [0.15, 0.2) is 0 Å². The fourth-order valence-electron chi connectivity index (χ4n) is 2.53. The monoisotopic (exact) mass is 226 g/mol. The van der Waals surface area contributed by atoms with E-state index in [1.165, 1.54) is 16.3 Å². The van der Waals surface area contributed by atoms with Crippen molar-refractivity contribution in [2.75, 3.05) is 0 Å². The van der Waals surface area contributed by atoms with Gasteiger partial charge in [-0.2, -0.15) is 0 Å². The van der Waals surface area contributed by atoms with Crippen LogP contribution in [0.4, 0.5) is 0 Å². The Labute approximate surface area is 102 Å². The maximum atomic E-state index is 11.4. The molecule has 0 aliphatic carbocycles. The number of rotatable bonds is 3. The Balaban J connectivity index is 2.58. The van der Waals surface area contributed by atoms with Crippen LogP contribution in [-0.4, -0.2) is 5.78 Å². The zero-order valence-corrected chi connectivity index (χ0v) is 10.7. The van der Waals surface area contributed by atoms with Gasteiger partial charge < -0.3 is 0 Å². The van der Waals surface area contributed by atoms with Crippen molar-refractivity contribution in [3.8, 4) is 0 Å². The van der Waals surface area contributed by atoms with Crippen molar-refractivity contribution in [1.82, 2.24) is 0 Å². The van der Waals surface area contributed by atoms with Gasteiger partial charge in [0.2, 0.25) is 0 Å². The number of hydrogen-bond acceptors (Lipinski definition) is 1. The summed E-state index contributed by atoms with van der Waals surface area (Å²) >= 11 is 0. The van der Waals surface area contributed by atoms with E-state index in [1.54, 1.807) is 6.92 Å². The quantitative estimate of drug-likeness (QED) is 0.770. The summed E-state index contributed by atoms with van der Waals surface area (Å²) in [6, 6.07) is 14.7. The molecule has 0 fully saturated rings. The molecule has 2 aromatic carbocycles. The third-order valence-corrected chi connectivity index (χ3v) is 3.21. The maximum absolute atomic E-state index is 11.4. The smallest absolute Gasteiger partial charge is 0.130 e. The van der Waals surface area contributed by atoms with Crippen LogP contribution >= 0.6 is 0 Å². The Morgan fingerprint density at radius 2 is 1.71 bits per heavy atom. The topological polar surface area (TPSA) is 17.1 Å². The summed E-state index contributed by atoms with van der Waals surface area (Å²) in [5, 5.41) is 2.49. The van der Waals surface area contributed by atoms with Gasteiger partial charge in [0.1, 0.15) is 5.78 Å². The van der Waals surface area contributed by atoms with Gasteiger partial charge in [0.25, 0.3) is 0 Å². The number of benzene rings is 2. The van der Waals surface area contributed by atoms with Crippen LogP contribution in [0.25, 0.3) is 10.8 Å². The highest BCUT2D eigenvalue weighted by molar-refractivity contribution is 5.87. The summed E-state index contributed by atoms with van der Waals surface area (Å²) in [4.78, 5) is 11.4. The van der Waals surface area contributed by atoms with Crippen LogP contribution in [0.2, 0.25) is 0 Å². The molecule has 0 amide bonds. The fourth-order valence-corrected chi connectivity index (χ4v) is 2.53. The Morgan fingerprint density at radius 1 is 1.06 bits per heavy atom. The Morgan fingerprint density at radius 3 is 2.41 bits per heavy atom. The molecule has 0 atom stereocenters. The summed E-state index contributed by atoms with van der Waals surface area (Å²) in [5.41, 5.74) is 1.15. The van der Waals surface area contributed by atoms with Gasteiger partial charge in [-0.3, -0.25) is 4.79 Å². The molecule has 2 aromatic rings. The molecule has 1 heteroatoms. The average Bonchev–Trinajstić information content (AvgIpc) is 2.26. The molecule has 1 nitrogen and oxygen atoms in total. The van der Waals surface area contributed by atoms with Crippen molar-refractivity contribution >= 4 is 16.6 Å². The van der Waals surface area contributed by atoms with E-state index in [1.807, 2.05) is 6.07 Å². The first-order chi connectivity index (χ1) is 8.00. The van der Waals surface area contributed by atoms with Gasteiger partial charge in [-0.1, -0.05) is 56.3 Å². The zero-order chi connectivity index (χ0) is 12.5. The zero-order valence-electron chi connectivity index (χ0n) is 10.7. The lowest BCUT2D eigenvalue weighted by Gasteiger charge is -2.25. The highest BCUT2D eigenvalue weighted by Gasteiger charge is 2.24. The van der Waals surface area contributed by atoms with E-state index in [0.717, 1.165) is 0 Å². The maximum Gasteiger partial charge on any atom is 0.130 e. The van der Waals surface area contributed by atoms with Gasteiger partial charge in [-0.25, -0.2) is 0 Å². The summed E-state index contributed by atoms with van der Waals surface area (Å²) in [6.07, 6.45) is 0.584. The predicted molar refractivity (Wildman–Crippen MR) is 72.3 cm³/mol. The highest BCUT2D eigenvalue weighted by atomic mass is 16.1. The normalized spacial score (nSPS) is 11.7. The molecule has 0 aromatic heterocycles. The van der Waals surface area contributed by atoms with Crippen LogP contribution in [0.15, 0.2) is 42.5 Å². The molecule has 2 rings (SSSR count). The van der Waals surface area contributed by atoms with E-state index in [-0.39, 0.29) is 11.2 Å². The van der Waals surface area contributed by atoms with Gasteiger partial charge in [-0.05, 0) is 28.7 Å². The molecule has 0 saturated carbocycles. The third kappa shape index (κ3) is 2.38. The van der Waals surface area contributed by atoms with Crippen molar-refractivity contribution in [2.24, 2.45) is 0 Å². The van der Waals surface area contributed by atoms with Crippen LogP contribution in [-0.2, 0) is 10.2 Å². The highest BCUT2D eigenvalue weighted by Crippen LogP contribution is 2.32. The molecule has 0 radical (unpaired) electrons. The van der Waals surface area contributed by atoms with Gasteiger partial charge >= 0.3 is 0 Å². The Bertz CT molecular complexity index is 547. The molecular formula is C16H18O. The molecule has 0 saturated heterocycles. The van der Waals surface area contributed by atoms with E-state index in [0.29, 0.717) is 6.42 Å². The lowest BCUT2D eigenvalue weighted by molar-refractivity contribution is -0.118. The van der Waals surface area contributed by atoms with E-state index >= 15 is 0 Å². The second kappa shape index (κ2) is 4.33. The molecule has 0 unspecified atom stereocenters. The molecule has 0 heterocycles. The molecule has 0 N–H and O–H groups in total. The summed E-state index contributed by atoms with van der Waals surface area (Å²) in [7, 11) is 0. The second-order valence-electron chi connectivity index (χ2n) is 5.29. The second-order valence-corrected chi connectivity index (χ2v) is 5.29. The number of carbonyl (C=O) groups is 1. The van der Waals surface area contributed by atoms with Gasteiger partial charge in [0.05, 0.1) is 0 Å². The summed E-state index contributed by atoms with van der Waals surface area (Å²) in [5.74, 6) is 0.239. The summed E-state index contributed by atoms with van der Waals surface area (Å²) in [6.45, 7) is 5.93. The molecule has 0 aliphatic rings. The first-order valence-corrected chi connectivity index (χ1v) is 5.98. The average molecular weight is 226 g/mol. The molecule has 0 spiro atoms.